The minimum absolute atomic E-state index is 0.0462. The summed E-state index contributed by atoms with van der Waals surface area (Å²) < 4.78 is 21.2. The van der Waals surface area contributed by atoms with E-state index >= 15 is 0 Å². The maximum Gasteiger partial charge on any atom is 0.514 e. The van der Waals surface area contributed by atoms with E-state index in [0.717, 1.165) is 16.9 Å². The Morgan fingerprint density at radius 1 is 0.851 bits per heavy atom. The lowest BCUT2D eigenvalue weighted by molar-refractivity contribution is -0.140. The highest BCUT2D eigenvalue weighted by Crippen LogP contribution is 2.22. The van der Waals surface area contributed by atoms with Gasteiger partial charge in [0.2, 0.25) is 11.8 Å². The topological polar surface area (TPSA) is 171 Å². The van der Waals surface area contributed by atoms with Crippen LogP contribution in [0.4, 0.5) is 4.79 Å². The van der Waals surface area contributed by atoms with Crippen LogP contribution < -0.4 is 20.7 Å². The number of ether oxygens (including phenoxy) is 4. The molecular formula is C32H37IN4O9S. The molecule has 0 aliphatic carbocycles. The molecule has 0 aliphatic heterocycles. The molecule has 3 amide bonds. The number of rotatable bonds is 17. The highest BCUT2D eigenvalue weighted by atomic mass is 127. The molecule has 47 heavy (non-hydrogen) atoms. The Hall–Kier alpha value is -3.93. The number of carbonyl (C=O) groups excluding carboxylic acids is 5. The molecule has 3 N–H and O–H groups in total. The number of hydrogen-bond acceptors (Lipinski definition) is 11. The zero-order valence-electron chi connectivity index (χ0n) is 26.3. The van der Waals surface area contributed by atoms with Crippen molar-refractivity contribution in [2.45, 2.75) is 44.0 Å². The third kappa shape index (κ3) is 11.4. The van der Waals surface area contributed by atoms with E-state index in [4.69, 9.17) is 18.9 Å². The van der Waals surface area contributed by atoms with E-state index in [1.165, 1.54) is 27.3 Å². The van der Waals surface area contributed by atoms with Gasteiger partial charge in [-0.1, -0.05) is 71.1 Å². The van der Waals surface area contributed by atoms with Crippen molar-refractivity contribution in [2.24, 2.45) is 0 Å². The van der Waals surface area contributed by atoms with Gasteiger partial charge in [0.15, 0.2) is 11.4 Å². The number of benzene rings is 2. The fourth-order valence-electron chi connectivity index (χ4n) is 4.30. The number of ketones is 1. The van der Waals surface area contributed by atoms with Crippen LogP contribution in [0.15, 0.2) is 66.9 Å². The number of halogens is 1. The molecule has 1 heterocycles. The fourth-order valence-corrected chi connectivity index (χ4v) is 5.51. The molecule has 0 radical (unpaired) electrons. The monoisotopic (exact) mass is 780 g/mol. The number of para-hydroxylation sites is 1. The molecule has 4 unspecified atom stereocenters. The van der Waals surface area contributed by atoms with Crippen LogP contribution in [0.5, 0.6) is 5.75 Å². The van der Waals surface area contributed by atoms with Crippen molar-refractivity contribution in [1.29, 1.82) is 0 Å². The average molecular weight is 781 g/mol. The first-order chi connectivity index (χ1) is 22.5. The minimum Gasteiger partial charge on any atom is -0.419 e. The van der Waals surface area contributed by atoms with Crippen molar-refractivity contribution in [3.63, 3.8) is 0 Å². The number of methoxy groups -OCH3 is 2. The van der Waals surface area contributed by atoms with E-state index < -0.39 is 53.4 Å². The van der Waals surface area contributed by atoms with Crippen molar-refractivity contribution in [3.05, 3.63) is 82.3 Å². The van der Waals surface area contributed by atoms with Gasteiger partial charge in [-0.3, -0.25) is 19.2 Å². The van der Waals surface area contributed by atoms with E-state index in [9.17, 15) is 24.0 Å². The third-order valence-corrected chi connectivity index (χ3v) is 9.08. The van der Waals surface area contributed by atoms with Crippen molar-refractivity contribution >= 4 is 63.6 Å². The lowest BCUT2D eigenvalue weighted by Gasteiger charge is -2.31. The van der Waals surface area contributed by atoms with Gasteiger partial charge in [-0.2, -0.15) is 0 Å². The Morgan fingerprint density at radius 2 is 1.40 bits per heavy atom. The smallest absolute Gasteiger partial charge is 0.419 e. The number of carbonyl (C=O) groups is 5. The average Bonchev–Trinajstić information content (AvgIpc) is 3.50. The Kier molecular flexibility index (Phi) is 14.7. The highest BCUT2D eigenvalue weighted by Gasteiger charge is 2.43. The molecule has 15 heteroatoms. The number of alkyl halides is 1. The first-order valence-electron chi connectivity index (χ1n) is 14.4. The molecule has 252 valence electrons. The van der Waals surface area contributed by atoms with Crippen molar-refractivity contribution < 1.29 is 42.9 Å². The standard InChI is InChI=1S/C32H37IN4O9S/c1-20-34-16-26(47-20)30(41)37-25(18-44-4)29(40)36-24(17-43-3)28(39)35-23(15-21-11-7-5-8-12-21)27(38)32(2,19-33)46-31(42)45-22-13-9-6-10-14-22/h5-14,16,23-25H,15,17-19H2,1-4H3,(H,35,39)(H,36,40)(H,37,41). The first-order valence-corrected chi connectivity index (χ1v) is 16.8. The molecule has 3 aromatic rings. The largest absolute Gasteiger partial charge is 0.514 e. The second kappa shape index (κ2) is 18.4. The number of thiazole rings is 1. The number of aromatic nitrogens is 1. The third-order valence-electron chi connectivity index (χ3n) is 6.71. The SMILES string of the molecule is COCC(NC(=O)c1cnc(C)s1)C(=O)NC(COC)C(=O)NC(Cc1ccccc1)C(=O)C(C)(CI)OC(=O)Oc1ccccc1. The van der Waals surface area contributed by atoms with E-state index in [0.29, 0.717) is 9.88 Å². The zero-order chi connectivity index (χ0) is 34.4. The molecule has 0 saturated heterocycles. The Balaban J connectivity index is 1.80. The minimum atomic E-state index is -1.69. The summed E-state index contributed by atoms with van der Waals surface area (Å²) in [6.45, 7) is 2.75. The molecule has 2 aromatic carbocycles. The first kappa shape index (κ1) is 37.5. The summed E-state index contributed by atoms with van der Waals surface area (Å²) in [6, 6.07) is 13.6. The molecule has 1 aromatic heterocycles. The number of nitrogens with zero attached hydrogens (tertiary/aromatic N) is 1. The van der Waals surface area contributed by atoms with Crippen LogP contribution in [0.25, 0.3) is 0 Å². The lowest BCUT2D eigenvalue weighted by atomic mass is 9.92. The summed E-state index contributed by atoms with van der Waals surface area (Å²) in [6.07, 6.45) is 0.369. The normalized spacial score (nSPS) is 14.1. The summed E-state index contributed by atoms with van der Waals surface area (Å²) in [5, 5.41) is 8.57. The maximum absolute atomic E-state index is 14.0. The molecule has 0 bridgehead atoms. The summed E-state index contributed by atoms with van der Waals surface area (Å²) >= 11 is 3.08. The van der Waals surface area contributed by atoms with Crippen LogP contribution in [0.3, 0.4) is 0 Å². The number of aryl methyl sites for hydroxylation is 1. The molecular weight excluding hydrogens is 743 g/mol. The summed E-state index contributed by atoms with van der Waals surface area (Å²) in [5.74, 6) is -2.34. The van der Waals surface area contributed by atoms with E-state index in [1.54, 1.807) is 61.5 Å². The molecule has 0 saturated carbocycles. The van der Waals surface area contributed by atoms with Gasteiger partial charge in [-0.25, -0.2) is 9.78 Å². The van der Waals surface area contributed by atoms with Crippen LogP contribution in [-0.4, -0.2) is 90.2 Å². The summed E-state index contributed by atoms with van der Waals surface area (Å²) in [5.41, 5.74) is -0.968. The van der Waals surface area contributed by atoms with Crippen LogP contribution >= 0.6 is 33.9 Å². The lowest BCUT2D eigenvalue weighted by Crippen LogP contribution is -2.60. The van der Waals surface area contributed by atoms with Gasteiger partial charge in [0, 0.05) is 18.6 Å². The van der Waals surface area contributed by atoms with Gasteiger partial charge in [-0.05, 0) is 38.0 Å². The predicted molar refractivity (Wildman–Crippen MR) is 182 cm³/mol. The van der Waals surface area contributed by atoms with Gasteiger partial charge >= 0.3 is 6.16 Å². The van der Waals surface area contributed by atoms with Crippen LogP contribution in [0, 0.1) is 6.92 Å². The molecule has 0 aliphatic rings. The number of Topliss-reactive ketones (excluding diaryl/α,β-unsaturated/α-hetero) is 1. The summed E-state index contributed by atoms with van der Waals surface area (Å²) in [7, 11) is 2.71. The van der Waals surface area contributed by atoms with Crippen LogP contribution in [-0.2, 0) is 35.0 Å². The fraction of sp³-hybridized carbons (Fsp3) is 0.375. The second-order valence-electron chi connectivity index (χ2n) is 10.5. The number of nitrogens with one attached hydrogen (secondary N) is 3. The van der Waals surface area contributed by atoms with Crippen LogP contribution in [0.2, 0.25) is 0 Å². The van der Waals surface area contributed by atoms with E-state index in [2.05, 4.69) is 20.9 Å². The predicted octanol–water partition coefficient (Wildman–Crippen LogP) is 3.03. The van der Waals surface area contributed by atoms with E-state index in [-0.39, 0.29) is 29.8 Å². The van der Waals surface area contributed by atoms with Gasteiger partial charge in [0.05, 0.1) is 30.5 Å². The second-order valence-corrected chi connectivity index (χ2v) is 12.5. The summed E-state index contributed by atoms with van der Waals surface area (Å²) in [4.78, 5) is 70.8. The van der Waals surface area contributed by atoms with Gasteiger partial charge in [0.25, 0.3) is 5.91 Å². The quantitative estimate of drug-likeness (QED) is 0.0801. The Bertz CT molecular complexity index is 1510. The van der Waals surface area contributed by atoms with Crippen LogP contribution in [0.1, 0.15) is 27.2 Å². The van der Waals surface area contributed by atoms with E-state index in [1.807, 2.05) is 28.7 Å². The molecule has 4 atom stereocenters. The number of amides is 3. The molecule has 3 rings (SSSR count). The molecule has 0 spiro atoms. The highest BCUT2D eigenvalue weighted by molar-refractivity contribution is 14.1. The maximum atomic E-state index is 14.0. The number of hydrogen-bond donors (Lipinski definition) is 3. The van der Waals surface area contributed by atoms with Gasteiger partial charge in [0.1, 0.15) is 22.7 Å². The van der Waals surface area contributed by atoms with Crippen molar-refractivity contribution in [3.8, 4) is 5.75 Å². The molecule has 0 fully saturated rings. The van der Waals surface area contributed by atoms with Gasteiger partial charge in [-0.15, -0.1) is 11.3 Å². The zero-order valence-corrected chi connectivity index (χ0v) is 29.3. The Labute approximate surface area is 290 Å². The molecule has 13 nitrogen and oxygen atoms in total. The van der Waals surface area contributed by atoms with Crippen molar-refractivity contribution in [1.82, 2.24) is 20.9 Å². The van der Waals surface area contributed by atoms with Gasteiger partial charge < -0.3 is 34.9 Å². The van der Waals surface area contributed by atoms with Crippen molar-refractivity contribution in [2.75, 3.05) is 31.9 Å². The Morgan fingerprint density at radius 3 is 1.94 bits per heavy atom.